The molecule has 2 aromatic rings. The van der Waals surface area contributed by atoms with Gasteiger partial charge in [-0.1, -0.05) is 36.4 Å². The first-order valence-electron chi connectivity index (χ1n) is 8.55. The Balaban J connectivity index is 1.46. The molecule has 0 saturated carbocycles. The molecule has 1 saturated heterocycles. The average Bonchev–Trinajstić information content (AvgIpc) is 3.10. The number of thiophene rings is 1. The van der Waals surface area contributed by atoms with Crippen LogP contribution in [0.3, 0.4) is 0 Å². The molecule has 3 N–H and O–H groups in total. The number of carbonyl (C=O) groups excluding carboxylic acids is 1. The first kappa shape index (κ1) is 17.1. The van der Waals surface area contributed by atoms with Gasteiger partial charge in [-0.3, -0.25) is 9.69 Å². The zero-order valence-electron chi connectivity index (χ0n) is 13.9. The first-order valence-corrected chi connectivity index (χ1v) is 9.42. The number of hydrogen-bond donors (Lipinski definition) is 2. The van der Waals surface area contributed by atoms with Crippen molar-refractivity contribution in [3.63, 3.8) is 0 Å². The van der Waals surface area contributed by atoms with E-state index >= 15 is 0 Å². The van der Waals surface area contributed by atoms with Gasteiger partial charge in [0.2, 0.25) is 5.91 Å². The van der Waals surface area contributed by atoms with Crippen molar-refractivity contribution in [3.05, 3.63) is 58.3 Å². The van der Waals surface area contributed by atoms with E-state index in [9.17, 15) is 4.79 Å². The molecule has 2 heterocycles. The maximum atomic E-state index is 11.8. The number of hydrogen-bond acceptors (Lipinski definition) is 4. The van der Waals surface area contributed by atoms with Crippen LogP contribution in [0.15, 0.2) is 47.8 Å². The van der Waals surface area contributed by atoms with Crippen LogP contribution in [0, 0.1) is 5.92 Å². The van der Waals surface area contributed by atoms with Crippen molar-refractivity contribution < 1.29 is 4.79 Å². The summed E-state index contributed by atoms with van der Waals surface area (Å²) < 4.78 is 0. The van der Waals surface area contributed by atoms with E-state index in [1.165, 1.54) is 17.7 Å². The molecule has 1 aliphatic rings. The summed E-state index contributed by atoms with van der Waals surface area (Å²) in [6.45, 7) is 4.15. The third-order valence-corrected chi connectivity index (χ3v) is 5.56. The summed E-state index contributed by atoms with van der Waals surface area (Å²) in [7, 11) is 0. The van der Waals surface area contributed by atoms with Gasteiger partial charge in [0.15, 0.2) is 0 Å². The lowest BCUT2D eigenvalue weighted by molar-refractivity contribution is -0.120. The fourth-order valence-corrected chi connectivity index (χ4v) is 4.03. The highest BCUT2D eigenvalue weighted by atomic mass is 32.1. The van der Waals surface area contributed by atoms with Crippen LogP contribution in [-0.4, -0.2) is 30.4 Å². The third kappa shape index (κ3) is 4.66. The third-order valence-electron chi connectivity index (χ3n) is 4.69. The Morgan fingerprint density at radius 2 is 1.96 bits per heavy atom. The summed E-state index contributed by atoms with van der Waals surface area (Å²) in [6, 6.07) is 13.7. The fraction of sp³-hybridized carbons (Fsp3) is 0.421. The molecular weight excluding hydrogens is 318 g/mol. The number of nitrogens with zero attached hydrogens (tertiary/aromatic N) is 1. The second-order valence-electron chi connectivity index (χ2n) is 6.45. The van der Waals surface area contributed by atoms with Gasteiger partial charge in [0.25, 0.3) is 0 Å². The number of rotatable bonds is 7. The second kappa shape index (κ2) is 8.42. The maximum Gasteiger partial charge on any atom is 0.239 e. The van der Waals surface area contributed by atoms with Crippen molar-refractivity contribution in [1.82, 2.24) is 10.2 Å². The minimum Gasteiger partial charge on any atom is -0.368 e. The van der Waals surface area contributed by atoms with Gasteiger partial charge in [-0.05, 0) is 55.4 Å². The predicted molar refractivity (Wildman–Crippen MR) is 98.7 cm³/mol. The minimum atomic E-state index is -0.393. The number of primary amides is 1. The Morgan fingerprint density at radius 3 is 2.58 bits per heavy atom. The van der Waals surface area contributed by atoms with E-state index in [-0.39, 0.29) is 5.91 Å². The maximum absolute atomic E-state index is 11.8. The van der Waals surface area contributed by atoms with Gasteiger partial charge in [-0.25, -0.2) is 0 Å². The van der Waals surface area contributed by atoms with Crippen LogP contribution >= 0.6 is 11.3 Å². The molecule has 128 valence electrons. The van der Waals surface area contributed by atoms with Crippen molar-refractivity contribution in [2.45, 2.75) is 25.4 Å². The van der Waals surface area contributed by atoms with Gasteiger partial charge >= 0.3 is 0 Å². The number of benzene rings is 1. The Bertz CT molecular complexity index is 621. The standard InChI is InChI=1S/C19H25N3OS/c20-19(23)18(16-5-2-1-3-6-16)21-13-15-8-10-22(11-9-15)14-17-7-4-12-24-17/h1-7,12,15,18,21H,8-11,13-14H2,(H2,20,23)/t18-/m0/s1. The van der Waals surface area contributed by atoms with Crippen LogP contribution < -0.4 is 11.1 Å². The Kier molecular flexibility index (Phi) is 6.01. The van der Waals surface area contributed by atoms with Crippen LogP contribution in [-0.2, 0) is 11.3 Å². The van der Waals surface area contributed by atoms with E-state index in [0.717, 1.165) is 31.7 Å². The predicted octanol–water partition coefficient (Wildman–Crippen LogP) is 2.78. The minimum absolute atomic E-state index is 0.309. The summed E-state index contributed by atoms with van der Waals surface area (Å²) >= 11 is 1.83. The SMILES string of the molecule is NC(=O)[C@@H](NCC1CCN(Cc2cccs2)CC1)c1ccccc1. The average molecular weight is 343 g/mol. The van der Waals surface area contributed by atoms with Gasteiger partial charge in [0.05, 0.1) is 0 Å². The van der Waals surface area contributed by atoms with Gasteiger partial charge in [0.1, 0.15) is 6.04 Å². The van der Waals surface area contributed by atoms with Crippen molar-refractivity contribution in [3.8, 4) is 0 Å². The van der Waals surface area contributed by atoms with Crippen LogP contribution in [0.4, 0.5) is 0 Å². The summed E-state index contributed by atoms with van der Waals surface area (Å²) in [5, 5.41) is 5.51. The molecule has 1 aromatic heterocycles. The highest BCUT2D eigenvalue weighted by Gasteiger charge is 2.22. The fourth-order valence-electron chi connectivity index (χ4n) is 3.28. The van der Waals surface area contributed by atoms with Gasteiger partial charge in [-0.15, -0.1) is 11.3 Å². The molecule has 5 heteroatoms. The smallest absolute Gasteiger partial charge is 0.239 e. The summed E-state index contributed by atoms with van der Waals surface area (Å²) in [5.74, 6) is 0.298. The van der Waals surface area contributed by atoms with E-state index in [0.29, 0.717) is 5.92 Å². The van der Waals surface area contributed by atoms with Gasteiger partial charge in [0, 0.05) is 11.4 Å². The molecular formula is C19H25N3OS. The number of piperidine rings is 1. The van der Waals surface area contributed by atoms with Crippen molar-refractivity contribution >= 4 is 17.2 Å². The summed E-state index contributed by atoms with van der Waals surface area (Å²) in [6.07, 6.45) is 2.33. The highest BCUT2D eigenvalue weighted by Crippen LogP contribution is 2.21. The molecule has 0 aliphatic carbocycles. The van der Waals surface area contributed by atoms with Crippen LogP contribution in [0.2, 0.25) is 0 Å². The Morgan fingerprint density at radius 1 is 1.21 bits per heavy atom. The number of amides is 1. The molecule has 0 spiro atoms. The molecule has 0 bridgehead atoms. The van der Waals surface area contributed by atoms with E-state index in [2.05, 4.69) is 27.7 Å². The van der Waals surface area contributed by atoms with Crippen molar-refractivity contribution in [2.24, 2.45) is 11.7 Å². The molecule has 1 aliphatic heterocycles. The van der Waals surface area contributed by atoms with E-state index < -0.39 is 6.04 Å². The summed E-state index contributed by atoms with van der Waals surface area (Å²) in [5.41, 5.74) is 6.52. The number of nitrogens with one attached hydrogen (secondary N) is 1. The molecule has 4 nitrogen and oxygen atoms in total. The number of nitrogens with two attached hydrogens (primary N) is 1. The lowest BCUT2D eigenvalue weighted by atomic mass is 9.95. The van der Waals surface area contributed by atoms with Gasteiger partial charge < -0.3 is 11.1 Å². The van der Waals surface area contributed by atoms with Crippen LogP contribution in [0.25, 0.3) is 0 Å². The zero-order valence-corrected chi connectivity index (χ0v) is 14.7. The lowest BCUT2D eigenvalue weighted by Crippen LogP contribution is -2.40. The molecule has 24 heavy (non-hydrogen) atoms. The number of carbonyl (C=O) groups is 1. The summed E-state index contributed by atoms with van der Waals surface area (Å²) in [4.78, 5) is 15.7. The molecule has 1 atom stereocenters. The highest BCUT2D eigenvalue weighted by molar-refractivity contribution is 7.09. The van der Waals surface area contributed by atoms with Crippen molar-refractivity contribution in [2.75, 3.05) is 19.6 Å². The zero-order chi connectivity index (χ0) is 16.8. The normalized spacial score (nSPS) is 17.7. The lowest BCUT2D eigenvalue weighted by Gasteiger charge is -2.32. The largest absolute Gasteiger partial charge is 0.368 e. The molecule has 0 unspecified atom stereocenters. The van der Waals surface area contributed by atoms with Crippen LogP contribution in [0.1, 0.15) is 29.3 Å². The first-order chi connectivity index (χ1) is 11.7. The van der Waals surface area contributed by atoms with E-state index in [1.807, 2.05) is 41.7 Å². The molecule has 1 amide bonds. The topological polar surface area (TPSA) is 58.4 Å². The molecule has 1 fully saturated rings. The quantitative estimate of drug-likeness (QED) is 0.813. The van der Waals surface area contributed by atoms with Crippen molar-refractivity contribution in [1.29, 1.82) is 0 Å². The van der Waals surface area contributed by atoms with E-state index in [1.54, 1.807) is 0 Å². The molecule has 0 radical (unpaired) electrons. The van der Waals surface area contributed by atoms with Crippen LogP contribution in [0.5, 0.6) is 0 Å². The monoisotopic (exact) mass is 343 g/mol. The molecule has 1 aromatic carbocycles. The Hall–Kier alpha value is -1.69. The second-order valence-corrected chi connectivity index (χ2v) is 7.49. The molecule has 3 rings (SSSR count). The van der Waals surface area contributed by atoms with Gasteiger partial charge in [-0.2, -0.15) is 0 Å². The number of likely N-dealkylation sites (tertiary alicyclic amines) is 1. The Labute approximate surface area is 147 Å². The van der Waals surface area contributed by atoms with E-state index in [4.69, 9.17) is 5.73 Å².